The van der Waals surface area contributed by atoms with Gasteiger partial charge in [0.2, 0.25) is 0 Å². The monoisotopic (exact) mass is 517 g/mol. The van der Waals surface area contributed by atoms with Crippen molar-refractivity contribution in [3.8, 4) is 0 Å². The van der Waals surface area contributed by atoms with E-state index in [1.54, 1.807) is 4.57 Å². The molecule has 2 aromatic carbocycles. The number of hydroxylamine groups is 1. The molecule has 12 heteroatoms. The number of nitrogens with one attached hydrogen (secondary N) is 1. The Balaban J connectivity index is 1.20. The fourth-order valence-electron chi connectivity index (χ4n) is 4.24. The molecular formula is C25H31N3O9. The lowest BCUT2D eigenvalue weighted by atomic mass is 10.00. The minimum Gasteiger partial charge on any atom is -0.394 e. The molecule has 200 valence electrons. The SMILES string of the molecule is CO[C@@H]1O[C@H](CO)[C@@H](OC)/C(=N\OCCOCCONC(=O)n2c3ccccc3c3ccccc32)[C@H]1O. The van der Waals surface area contributed by atoms with E-state index >= 15 is 0 Å². The van der Waals surface area contributed by atoms with Crippen LogP contribution in [0.5, 0.6) is 0 Å². The summed E-state index contributed by atoms with van der Waals surface area (Å²) in [4.78, 5) is 23.4. The van der Waals surface area contributed by atoms with Crippen molar-refractivity contribution in [2.45, 2.75) is 24.6 Å². The molecule has 0 saturated carbocycles. The molecule has 1 aliphatic rings. The molecule has 1 fully saturated rings. The smallest absolute Gasteiger partial charge is 0.350 e. The van der Waals surface area contributed by atoms with E-state index in [-0.39, 0.29) is 38.7 Å². The van der Waals surface area contributed by atoms with Gasteiger partial charge >= 0.3 is 6.03 Å². The van der Waals surface area contributed by atoms with Crippen LogP contribution in [0.25, 0.3) is 21.8 Å². The molecule has 4 rings (SSSR count). The number of methoxy groups -OCH3 is 2. The molecule has 0 radical (unpaired) electrons. The highest BCUT2D eigenvalue weighted by Crippen LogP contribution is 2.28. The first-order chi connectivity index (χ1) is 18.1. The lowest BCUT2D eigenvalue weighted by Gasteiger charge is -2.37. The van der Waals surface area contributed by atoms with Crippen LogP contribution < -0.4 is 5.48 Å². The Morgan fingerprint density at radius 2 is 1.65 bits per heavy atom. The zero-order chi connectivity index (χ0) is 26.2. The van der Waals surface area contributed by atoms with Gasteiger partial charge in [0.05, 0.1) is 37.5 Å². The van der Waals surface area contributed by atoms with Gasteiger partial charge in [-0.2, -0.15) is 0 Å². The van der Waals surface area contributed by atoms with Crippen molar-refractivity contribution >= 4 is 33.5 Å². The summed E-state index contributed by atoms with van der Waals surface area (Å²) in [6.07, 6.45) is -3.77. The number of fused-ring (bicyclic) bond motifs is 3. The number of ether oxygens (including phenoxy) is 4. The largest absolute Gasteiger partial charge is 0.394 e. The minimum absolute atomic E-state index is 0.0860. The van der Waals surface area contributed by atoms with Gasteiger partial charge in [-0.05, 0) is 12.1 Å². The van der Waals surface area contributed by atoms with Crippen LogP contribution in [0.3, 0.4) is 0 Å². The maximum atomic E-state index is 12.8. The van der Waals surface area contributed by atoms with E-state index in [0.29, 0.717) is 0 Å². The number of nitrogens with zero attached hydrogens (tertiary/aromatic N) is 2. The summed E-state index contributed by atoms with van der Waals surface area (Å²) in [6.45, 7) is 0.237. The lowest BCUT2D eigenvalue weighted by Crippen LogP contribution is -2.57. The Bertz CT molecular complexity index is 1160. The van der Waals surface area contributed by atoms with Crippen molar-refractivity contribution in [2.24, 2.45) is 5.16 Å². The maximum absolute atomic E-state index is 12.8. The number of carbonyl (C=O) groups is 1. The number of oxime groups is 1. The third-order valence-corrected chi connectivity index (χ3v) is 5.93. The van der Waals surface area contributed by atoms with Crippen molar-refractivity contribution in [1.82, 2.24) is 10.0 Å². The first-order valence-corrected chi connectivity index (χ1v) is 11.8. The number of benzene rings is 2. The quantitative estimate of drug-likeness (QED) is 0.254. The fourth-order valence-corrected chi connectivity index (χ4v) is 4.24. The molecule has 1 saturated heterocycles. The number of amides is 1. The van der Waals surface area contributed by atoms with Crippen LogP contribution >= 0.6 is 0 Å². The van der Waals surface area contributed by atoms with Gasteiger partial charge in [0.25, 0.3) is 0 Å². The number of para-hydroxylation sites is 2. The average molecular weight is 518 g/mol. The standard InChI is InChI=1S/C25H31N3O9/c1-32-23-20(15-29)37-24(33-2)22(30)21(23)26-35-13-11-34-12-14-36-27-25(31)28-18-9-5-3-7-16(18)17-8-4-6-10-19(17)28/h3-10,20,22-24,29-30H,11-15H2,1-2H3,(H,27,31)/b26-21-/t20-,22-,23-,24-/m1/s1. The minimum atomic E-state index is -1.22. The number of hydrogen-bond acceptors (Lipinski definition) is 10. The molecule has 1 amide bonds. The van der Waals surface area contributed by atoms with E-state index in [1.807, 2.05) is 48.5 Å². The van der Waals surface area contributed by atoms with E-state index in [1.165, 1.54) is 14.2 Å². The van der Waals surface area contributed by atoms with Crippen LogP contribution in [0.4, 0.5) is 4.79 Å². The lowest BCUT2D eigenvalue weighted by molar-refractivity contribution is -0.227. The van der Waals surface area contributed by atoms with Crippen LogP contribution in [0.15, 0.2) is 53.7 Å². The van der Waals surface area contributed by atoms with E-state index in [4.69, 9.17) is 28.6 Å². The second-order valence-electron chi connectivity index (χ2n) is 8.15. The maximum Gasteiger partial charge on any atom is 0.350 e. The number of rotatable bonds is 11. The molecule has 0 aliphatic carbocycles. The molecule has 3 N–H and O–H groups in total. The Morgan fingerprint density at radius 1 is 1.00 bits per heavy atom. The number of aromatic nitrogens is 1. The van der Waals surface area contributed by atoms with E-state index < -0.39 is 30.6 Å². The van der Waals surface area contributed by atoms with Crippen molar-refractivity contribution in [3.63, 3.8) is 0 Å². The Labute approximate surface area is 213 Å². The normalized spacial score (nSPS) is 23.1. The predicted molar refractivity (Wildman–Crippen MR) is 133 cm³/mol. The summed E-state index contributed by atoms with van der Waals surface area (Å²) < 4.78 is 22.8. The molecule has 37 heavy (non-hydrogen) atoms. The highest BCUT2D eigenvalue weighted by molar-refractivity contribution is 6.12. The highest BCUT2D eigenvalue weighted by Gasteiger charge is 2.43. The van der Waals surface area contributed by atoms with Gasteiger partial charge in [-0.1, -0.05) is 41.6 Å². The molecule has 0 spiro atoms. The van der Waals surface area contributed by atoms with E-state index in [0.717, 1.165) is 21.8 Å². The fraction of sp³-hybridized carbons (Fsp3) is 0.440. The van der Waals surface area contributed by atoms with Crippen molar-refractivity contribution in [1.29, 1.82) is 0 Å². The summed E-state index contributed by atoms with van der Waals surface area (Å²) in [7, 11) is 2.78. The molecule has 0 unspecified atom stereocenters. The molecular weight excluding hydrogens is 486 g/mol. The van der Waals surface area contributed by atoms with Crippen molar-refractivity contribution in [2.75, 3.05) is 47.3 Å². The summed E-state index contributed by atoms with van der Waals surface area (Å²) in [6, 6.07) is 14.9. The molecule has 2 heterocycles. The Morgan fingerprint density at radius 3 is 2.27 bits per heavy atom. The van der Waals surface area contributed by atoms with Crippen LogP contribution in [0, 0.1) is 0 Å². The molecule has 12 nitrogen and oxygen atoms in total. The summed E-state index contributed by atoms with van der Waals surface area (Å²) in [5, 5.41) is 25.8. The van der Waals surface area contributed by atoms with Gasteiger partial charge in [-0.3, -0.25) is 9.40 Å². The Hall–Kier alpha value is -3.10. The van der Waals surface area contributed by atoms with Crippen molar-refractivity contribution < 1.29 is 43.6 Å². The third kappa shape index (κ3) is 5.91. The second kappa shape index (κ2) is 12.9. The van der Waals surface area contributed by atoms with Gasteiger partial charge in [0.15, 0.2) is 6.29 Å². The first kappa shape index (κ1) is 26.9. The molecule has 4 atom stereocenters. The topological polar surface area (TPSA) is 142 Å². The summed E-state index contributed by atoms with van der Waals surface area (Å²) in [5.41, 5.74) is 4.17. The first-order valence-electron chi connectivity index (χ1n) is 11.8. The predicted octanol–water partition coefficient (Wildman–Crippen LogP) is 1.41. The zero-order valence-electron chi connectivity index (χ0n) is 20.6. The summed E-state index contributed by atoms with van der Waals surface area (Å²) >= 11 is 0. The van der Waals surface area contributed by atoms with Crippen LogP contribution in [0.2, 0.25) is 0 Å². The van der Waals surface area contributed by atoms with E-state index in [9.17, 15) is 15.0 Å². The van der Waals surface area contributed by atoms with Gasteiger partial charge in [0, 0.05) is 25.0 Å². The van der Waals surface area contributed by atoms with Gasteiger partial charge < -0.3 is 34.0 Å². The van der Waals surface area contributed by atoms with Gasteiger partial charge in [-0.15, -0.1) is 0 Å². The highest BCUT2D eigenvalue weighted by atomic mass is 16.7. The second-order valence-corrected chi connectivity index (χ2v) is 8.15. The molecule has 0 bridgehead atoms. The average Bonchev–Trinajstić information content (AvgIpc) is 3.27. The summed E-state index contributed by atoms with van der Waals surface area (Å²) in [5.74, 6) is 0. The van der Waals surface area contributed by atoms with E-state index in [2.05, 4.69) is 10.6 Å². The van der Waals surface area contributed by atoms with Gasteiger partial charge in [-0.25, -0.2) is 10.3 Å². The number of carbonyl (C=O) groups excluding carboxylic acids is 1. The van der Waals surface area contributed by atoms with Crippen LogP contribution in [0.1, 0.15) is 0 Å². The molecule has 3 aromatic rings. The third-order valence-electron chi connectivity index (χ3n) is 5.93. The molecule has 1 aromatic heterocycles. The van der Waals surface area contributed by atoms with Gasteiger partial charge in [0.1, 0.15) is 30.6 Å². The number of hydrogen-bond donors (Lipinski definition) is 3. The number of aliphatic hydroxyl groups is 2. The molecule has 1 aliphatic heterocycles. The van der Waals surface area contributed by atoms with Crippen LogP contribution in [-0.2, 0) is 28.6 Å². The van der Waals surface area contributed by atoms with Crippen molar-refractivity contribution in [3.05, 3.63) is 48.5 Å². The zero-order valence-corrected chi connectivity index (χ0v) is 20.6. The Kier molecular flexibility index (Phi) is 9.41. The number of aliphatic hydroxyl groups excluding tert-OH is 2. The van der Waals surface area contributed by atoms with Crippen LogP contribution in [-0.4, -0.2) is 98.4 Å².